The molecule has 1 nitrogen and oxygen atoms in total. The van der Waals surface area contributed by atoms with E-state index in [0.29, 0.717) is 19.4 Å². The molecule has 0 heterocycles. The second-order valence-corrected chi connectivity index (χ2v) is 2.63. The highest BCUT2D eigenvalue weighted by Crippen LogP contribution is 2.43. The molecule has 1 saturated carbocycles. The van der Waals surface area contributed by atoms with Crippen LogP contribution in [0.4, 0.5) is 4.39 Å². The zero-order valence-corrected chi connectivity index (χ0v) is 7.98. The van der Waals surface area contributed by atoms with Crippen LogP contribution in [-0.2, 0) is 4.74 Å². The van der Waals surface area contributed by atoms with Crippen LogP contribution in [0.5, 0.6) is 0 Å². The van der Waals surface area contributed by atoms with E-state index in [1.807, 2.05) is 20.8 Å². The molecule has 1 aliphatic rings. The van der Waals surface area contributed by atoms with Crippen molar-refractivity contribution in [2.75, 3.05) is 6.61 Å². The molecule has 0 amide bonds. The monoisotopic (exact) mass is 162 g/mol. The first-order valence-corrected chi connectivity index (χ1v) is 4.49. The van der Waals surface area contributed by atoms with E-state index in [9.17, 15) is 4.39 Å². The van der Waals surface area contributed by atoms with Gasteiger partial charge in [0.15, 0.2) is 0 Å². The van der Waals surface area contributed by atoms with Crippen molar-refractivity contribution < 1.29 is 9.13 Å². The molecule has 0 aromatic heterocycles. The lowest BCUT2D eigenvalue weighted by molar-refractivity contribution is 0.00492. The first-order valence-electron chi connectivity index (χ1n) is 4.49. The van der Waals surface area contributed by atoms with Gasteiger partial charge in [-0.25, -0.2) is 4.39 Å². The maximum absolute atomic E-state index is 13.0. The maximum Gasteiger partial charge on any atom is 0.137 e. The second-order valence-electron chi connectivity index (χ2n) is 2.63. The van der Waals surface area contributed by atoms with Gasteiger partial charge in [0.25, 0.3) is 0 Å². The summed E-state index contributed by atoms with van der Waals surface area (Å²) in [5.41, 5.74) is -0.962. The Bertz CT molecular complexity index is 99.7. The van der Waals surface area contributed by atoms with Crippen LogP contribution in [-0.4, -0.2) is 18.4 Å². The van der Waals surface area contributed by atoms with Crippen LogP contribution in [0.25, 0.3) is 0 Å². The van der Waals surface area contributed by atoms with E-state index in [0.717, 1.165) is 0 Å². The van der Waals surface area contributed by atoms with E-state index in [1.54, 1.807) is 6.92 Å². The largest absolute Gasteiger partial charge is 0.375 e. The van der Waals surface area contributed by atoms with Crippen LogP contribution >= 0.6 is 0 Å². The minimum Gasteiger partial charge on any atom is -0.375 e. The smallest absolute Gasteiger partial charge is 0.137 e. The Labute approximate surface area is 68.9 Å². The van der Waals surface area contributed by atoms with Gasteiger partial charge >= 0.3 is 0 Å². The molecule has 1 unspecified atom stereocenters. The highest BCUT2D eigenvalue weighted by Gasteiger charge is 2.48. The molecule has 1 atom stereocenters. The Morgan fingerprint density at radius 3 is 2.18 bits per heavy atom. The summed E-state index contributed by atoms with van der Waals surface area (Å²) in [6.07, 6.45) is 1.19. The van der Waals surface area contributed by atoms with Crippen molar-refractivity contribution in [3.63, 3.8) is 0 Å². The summed E-state index contributed by atoms with van der Waals surface area (Å²) in [6, 6.07) is 0. The molecule has 0 saturated heterocycles. The molecule has 0 spiro atoms. The van der Waals surface area contributed by atoms with Crippen LogP contribution in [0.3, 0.4) is 0 Å². The molecule has 68 valence electrons. The maximum atomic E-state index is 13.0. The number of halogens is 1. The molecule has 1 aliphatic carbocycles. The molecule has 2 heteroatoms. The van der Waals surface area contributed by atoms with Gasteiger partial charge in [-0.2, -0.15) is 0 Å². The van der Waals surface area contributed by atoms with Crippen molar-refractivity contribution in [1.29, 1.82) is 0 Å². The molecular formula is C9H19FO. The van der Waals surface area contributed by atoms with Crippen LogP contribution in [0.15, 0.2) is 0 Å². The minimum absolute atomic E-state index is 0.192. The molecule has 0 bridgehead atoms. The summed E-state index contributed by atoms with van der Waals surface area (Å²) < 4.78 is 18.0. The Balaban J connectivity index is 0.000000461. The van der Waals surface area contributed by atoms with E-state index in [4.69, 9.17) is 4.74 Å². The molecule has 0 aromatic carbocycles. The van der Waals surface area contributed by atoms with Crippen molar-refractivity contribution in [1.82, 2.24) is 0 Å². The zero-order chi connectivity index (χ0) is 8.91. The van der Waals surface area contributed by atoms with Gasteiger partial charge in [0.05, 0.1) is 6.10 Å². The Morgan fingerprint density at radius 2 is 1.91 bits per heavy atom. The molecule has 11 heavy (non-hydrogen) atoms. The third-order valence-corrected chi connectivity index (χ3v) is 1.87. The quantitative estimate of drug-likeness (QED) is 0.620. The van der Waals surface area contributed by atoms with Gasteiger partial charge in [0.1, 0.15) is 5.67 Å². The topological polar surface area (TPSA) is 9.23 Å². The zero-order valence-electron chi connectivity index (χ0n) is 7.98. The summed E-state index contributed by atoms with van der Waals surface area (Å²) in [4.78, 5) is 0. The van der Waals surface area contributed by atoms with E-state index >= 15 is 0 Å². The lowest BCUT2D eigenvalue weighted by Gasteiger charge is -2.14. The Hall–Kier alpha value is -0.110. The summed E-state index contributed by atoms with van der Waals surface area (Å²) in [5, 5.41) is 0. The molecule has 0 radical (unpaired) electrons. The third-order valence-electron chi connectivity index (χ3n) is 1.87. The average molecular weight is 162 g/mol. The van der Waals surface area contributed by atoms with Crippen molar-refractivity contribution in [2.24, 2.45) is 0 Å². The fraction of sp³-hybridized carbons (Fsp3) is 1.00. The SMILES string of the molecule is CC.CCOC(C)C1(F)CC1. The van der Waals surface area contributed by atoms with Crippen LogP contribution in [0.1, 0.15) is 40.5 Å². The van der Waals surface area contributed by atoms with Gasteiger partial charge in [0, 0.05) is 6.61 Å². The van der Waals surface area contributed by atoms with Crippen LogP contribution < -0.4 is 0 Å². The van der Waals surface area contributed by atoms with Gasteiger partial charge in [-0.1, -0.05) is 13.8 Å². The van der Waals surface area contributed by atoms with Crippen molar-refractivity contribution in [3.05, 3.63) is 0 Å². The Kier molecular flexibility index (Phi) is 4.66. The van der Waals surface area contributed by atoms with Gasteiger partial charge in [-0.15, -0.1) is 0 Å². The van der Waals surface area contributed by atoms with E-state index < -0.39 is 5.67 Å². The highest BCUT2D eigenvalue weighted by atomic mass is 19.1. The average Bonchev–Trinajstić information content (AvgIpc) is 2.74. The first-order chi connectivity index (χ1) is 5.19. The number of rotatable bonds is 3. The van der Waals surface area contributed by atoms with Crippen LogP contribution in [0.2, 0.25) is 0 Å². The predicted molar refractivity (Wildman–Crippen MR) is 45.5 cm³/mol. The van der Waals surface area contributed by atoms with Crippen LogP contribution in [0, 0.1) is 0 Å². The fourth-order valence-electron chi connectivity index (χ4n) is 0.925. The number of hydrogen-bond acceptors (Lipinski definition) is 1. The molecule has 0 N–H and O–H groups in total. The lowest BCUT2D eigenvalue weighted by atomic mass is 10.2. The van der Waals surface area contributed by atoms with E-state index in [2.05, 4.69) is 0 Å². The molecule has 1 rings (SSSR count). The van der Waals surface area contributed by atoms with Gasteiger partial charge in [0.2, 0.25) is 0 Å². The highest BCUT2D eigenvalue weighted by molar-refractivity contribution is 4.99. The van der Waals surface area contributed by atoms with Gasteiger partial charge in [-0.3, -0.25) is 0 Å². The molecule has 1 fully saturated rings. The normalized spacial score (nSPS) is 21.5. The third kappa shape index (κ3) is 3.19. The Morgan fingerprint density at radius 1 is 1.45 bits per heavy atom. The number of alkyl halides is 1. The van der Waals surface area contributed by atoms with E-state index in [1.165, 1.54) is 0 Å². The number of hydrogen-bond donors (Lipinski definition) is 0. The first kappa shape index (κ1) is 10.9. The van der Waals surface area contributed by atoms with Gasteiger partial charge < -0.3 is 4.74 Å². The lowest BCUT2D eigenvalue weighted by Crippen LogP contribution is -2.23. The molecule has 0 aromatic rings. The summed E-state index contributed by atoms with van der Waals surface area (Å²) in [7, 11) is 0. The summed E-state index contributed by atoms with van der Waals surface area (Å²) >= 11 is 0. The predicted octanol–water partition coefficient (Wildman–Crippen LogP) is 2.94. The van der Waals surface area contributed by atoms with E-state index in [-0.39, 0.29) is 6.10 Å². The minimum atomic E-state index is -0.962. The second kappa shape index (κ2) is 4.70. The molecule has 0 aliphatic heterocycles. The van der Waals surface area contributed by atoms with Crippen molar-refractivity contribution in [3.8, 4) is 0 Å². The standard InChI is InChI=1S/C7H13FO.C2H6/c1-3-9-6(2)7(8)4-5-7;1-2/h6H,3-5H2,1-2H3;1-2H3. The van der Waals surface area contributed by atoms with Crippen molar-refractivity contribution >= 4 is 0 Å². The summed E-state index contributed by atoms with van der Waals surface area (Å²) in [5.74, 6) is 0. The van der Waals surface area contributed by atoms with Gasteiger partial charge in [-0.05, 0) is 26.7 Å². The fourth-order valence-corrected chi connectivity index (χ4v) is 0.925. The number of ether oxygens (including phenoxy) is 1. The van der Waals surface area contributed by atoms with Crippen molar-refractivity contribution in [2.45, 2.75) is 52.3 Å². The summed E-state index contributed by atoms with van der Waals surface area (Å²) in [6.45, 7) is 8.31. The molecular weight excluding hydrogens is 143 g/mol.